The molecule has 1 unspecified atom stereocenters. The molecule has 3 nitrogen and oxygen atoms in total. The van der Waals surface area contributed by atoms with E-state index in [1.54, 1.807) is 24.3 Å². The van der Waals surface area contributed by atoms with Gasteiger partial charge in [0.25, 0.3) is 0 Å². The number of rotatable bonds is 12. The minimum absolute atomic E-state index is 0.0612. The molecule has 0 bridgehead atoms. The first-order chi connectivity index (χ1) is 14.8. The highest BCUT2D eigenvalue weighted by Gasteiger charge is 2.40. The zero-order chi connectivity index (χ0) is 22.7. The average Bonchev–Trinajstić information content (AvgIpc) is 2.74. The molecular weight excluding hydrogens is 403 g/mol. The van der Waals surface area contributed by atoms with Gasteiger partial charge in [-0.15, -0.1) is 0 Å². The van der Waals surface area contributed by atoms with Crippen molar-refractivity contribution in [3.05, 3.63) is 48.2 Å². The van der Waals surface area contributed by atoms with Crippen molar-refractivity contribution < 1.29 is 22.7 Å². The van der Waals surface area contributed by atoms with E-state index in [-0.39, 0.29) is 12.2 Å². The molecule has 0 saturated carbocycles. The maximum atomic E-state index is 13.1. The molecule has 6 heteroatoms. The van der Waals surface area contributed by atoms with Crippen LogP contribution < -0.4 is 4.74 Å². The lowest BCUT2D eigenvalue weighted by Gasteiger charge is -2.19. The average molecular weight is 436 g/mol. The molecule has 170 valence electrons. The molecule has 1 aromatic carbocycles. The second-order valence-corrected chi connectivity index (χ2v) is 7.95. The zero-order valence-corrected chi connectivity index (χ0v) is 18.4. The minimum Gasteiger partial charge on any atom is -0.427 e. The number of hydrogen-bond acceptors (Lipinski definition) is 3. The smallest absolute Gasteiger partial charge is 0.392 e. The highest BCUT2D eigenvalue weighted by Crippen LogP contribution is 2.33. The van der Waals surface area contributed by atoms with Crippen LogP contribution in [0, 0.1) is 5.92 Å². The Morgan fingerprint density at radius 2 is 1.68 bits per heavy atom. The highest BCUT2D eigenvalue weighted by molar-refractivity contribution is 5.73. The first kappa shape index (κ1) is 24.9. The largest absolute Gasteiger partial charge is 0.427 e. The summed E-state index contributed by atoms with van der Waals surface area (Å²) in [5.41, 5.74) is 2.85. The van der Waals surface area contributed by atoms with Crippen LogP contribution in [-0.4, -0.2) is 17.1 Å². The second-order valence-electron chi connectivity index (χ2n) is 7.95. The third kappa shape index (κ3) is 8.72. The predicted molar refractivity (Wildman–Crippen MR) is 117 cm³/mol. The first-order valence-corrected chi connectivity index (χ1v) is 11.2. The first-order valence-electron chi connectivity index (χ1n) is 11.2. The fraction of sp³-hybridized carbons (Fsp3) is 0.520. The zero-order valence-electron chi connectivity index (χ0n) is 18.4. The number of halogens is 3. The molecule has 2 aromatic rings. The molecular formula is C25H32F3NO2. The van der Waals surface area contributed by atoms with Gasteiger partial charge in [-0.1, -0.05) is 52.0 Å². The van der Waals surface area contributed by atoms with Gasteiger partial charge >= 0.3 is 12.1 Å². The van der Waals surface area contributed by atoms with Crippen molar-refractivity contribution in [2.24, 2.45) is 5.92 Å². The third-order valence-electron chi connectivity index (χ3n) is 5.31. The van der Waals surface area contributed by atoms with Crippen LogP contribution in [0.1, 0.15) is 70.8 Å². The fourth-order valence-electron chi connectivity index (χ4n) is 3.40. The van der Waals surface area contributed by atoms with Gasteiger partial charge in [-0.2, -0.15) is 13.2 Å². The van der Waals surface area contributed by atoms with Gasteiger partial charge < -0.3 is 4.74 Å². The summed E-state index contributed by atoms with van der Waals surface area (Å²) in [5.74, 6) is -2.29. The van der Waals surface area contributed by atoms with Crippen LogP contribution in [0.4, 0.5) is 13.2 Å². The molecule has 0 amide bonds. The van der Waals surface area contributed by atoms with Crippen LogP contribution >= 0.6 is 0 Å². The number of aryl methyl sites for hydroxylation is 1. The van der Waals surface area contributed by atoms with E-state index in [1.807, 2.05) is 19.2 Å². The number of esters is 1. The number of carbonyl (C=O) groups excluding carboxylic acids is 1. The number of nitrogens with zero attached hydrogens (tertiary/aromatic N) is 1. The van der Waals surface area contributed by atoms with Crippen molar-refractivity contribution in [3.63, 3.8) is 0 Å². The van der Waals surface area contributed by atoms with Crippen molar-refractivity contribution in [2.45, 2.75) is 77.8 Å². The normalized spacial score (nSPS) is 12.5. The van der Waals surface area contributed by atoms with E-state index in [4.69, 9.17) is 4.74 Å². The molecule has 1 heterocycles. The summed E-state index contributed by atoms with van der Waals surface area (Å²) in [6, 6.07) is 10.7. The van der Waals surface area contributed by atoms with Crippen LogP contribution in [0.5, 0.6) is 5.75 Å². The molecule has 0 aliphatic rings. The molecule has 0 spiro atoms. The standard InChI is InChI=1S/C25H32F3NO2/c1-3-5-7-8-9-19-11-16-23(29-18-19)20-12-14-22(15-13-20)31-24(30)17-21(10-6-4-2)25(26,27)28/h11-16,18,21H,3-10,17H2,1-2H3. The molecule has 0 saturated heterocycles. The third-order valence-corrected chi connectivity index (χ3v) is 5.31. The van der Waals surface area contributed by atoms with Crippen molar-refractivity contribution in [3.8, 4) is 17.0 Å². The van der Waals surface area contributed by atoms with Crippen molar-refractivity contribution in [1.29, 1.82) is 0 Å². The molecule has 0 N–H and O–H groups in total. The van der Waals surface area contributed by atoms with Gasteiger partial charge in [0, 0.05) is 11.8 Å². The van der Waals surface area contributed by atoms with Gasteiger partial charge in [0.15, 0.2) is 0 Å². The minimum atomic E-state index is -4.40. The Hall–Kier alpha value is -2.37. The summed E-state index contributed by atoms with van der Waals surface area (Å²) in [5, 5.41) is 0. The summed E-state index contributed by atoms with van der Waals surface area (Å²) < 4.78 is 44.4. The Morgan fingerprint density at radius 1 is 0.968 bits per heavy atom. The number of carbonyl (C=O) groups is 1. The van der Waals surface area contributed by atoms with Crippen LogP contribution in [0.2, 0.25) is 0 Å². The number of ether oxygens (including phenoxy) is 1. The summed E-state index contributed by atoms with van der Waals surface area (Å²) in [7, 11) is 0. The van der Waals surface area contributed by atoms with Gasteiger partial charge in [-0.3, -0.25) is 9.78 Å². The van der Waals surface area contributed by atoms with Crippen molar-refractivity contribution in [2.75, 3.05) is 0 Å². The Balaban J connectivity index is 1.91. The van der Waals surface area contributed by atoms with Crippen LogP contribution in [0.15, 0.2) is 42.6 Å². The lowest BCUT2D eigenvalue weighted by molar-refractivity contribution is -0.183. The maximum absolute atomic E-state index is 13.1. The van der Waals surface area contributed by atoms with Crippen LogP contribution in [0.25, 0.3) is 11.3 Å². The Bertz CT molecular complexity index is 786. The molecule has 1 atom stereocenters. The van der Waals surface area contributed by atoms with Crippen LogP contribution in [-0.2, 0) is 11.2 Å². The van der Waals surface area contributed by atoms with E-state index in [1.165, 1.54) is 24.8 Å². The maximum Gasteiger partial charge on any atom is 0.392 e. The highest BCUT2D eigenvalue weighted by atomic mass is 19.4. The topological polar surface area (TPSA) is 39.2 Å². The van der Waals surface area contributed by atoms with E-state index in [0.717, 1.165) is 24.1 Å². The van der Waals surface area contributed by atoms with Gasteiger partial charge in [0.2, 0.25) is 0 Å². The van der Waals surface area contributed by atoms with Gasteiger partial charge in [-0.25, -0.2) is 0 Å². The molecule has 0 radical (unpaired) electrons. The monoisotopic (exact) mass is 435 g/mol. The lowest BCUT2D eigenvalue weighted by atomic mass is 9.98. The molecule has 0 aliphatic heterocycles. The Morgan fingerprint density at radius 3 is 2.26 bits per heavy atom. The number of unbranched alkanes of at least 4 members (excludes halogenated alkanes) is 4. The van der Waals surface area contributed by atoms with Gasteiger partial charge in [0.05, 0.1) is 18.0 Å². The summed E-state index contributed by atoms with van der Waals surface area (Å²) in [6.45, 7) is 4.01. The summed E-state index contributed by atoms with van der Waals surface area (Å²) >= 11 is 0. The summed E-state index contributed by atoms with van der Waals surface area (Å²) in [4.78, 5) is 16.5. The number of alkyl halides is 3. The second kappa shape index (κ2) is 12.5. The summed E-state index contributed by atoms with van der Waals surface area (Å²) in [6.07, 6.45) is 3.69. The Kier molecular flexibility index (Phi) is 10.0. The van der Waals surface area contributed by atoms with Gasteiger partial charge in [0.1, 0.15) is 5.75 Å². The van der Waals surface area contributed by atoms with Gasteiger partial charge in [-0.05, 0) is 55.2 Å². The van der Waals surface area contributed by atoms with E-state index in [2.05, 4.69) is 18.0 Å². The van der Waals surface area contributed by atoms with E-state index >= 15 is 0 Å². The number of aromatic nitrogens is 1. The van der Waals surface area contributed by atoms with E-state index in [9.17, 15) is 18.0 Å². The number of hydrogen-bond donors (Lipinski definition) is 0. The van der Waals surface area contributed by atoms with Crippen molar-refractivity contribution in [1.82, 2.24) is 4.98 Å². The molecule has 2 rings (SSSR count). The number of benzene rings is 1. The SMILES string of the molecule is CCCCCCc1ccc(-c2ccc(OC(=O)CC(CCCC)C(F)(F)F)cc2)nc1. The van der Waals surface area contributed by atoms with E-state index in [0.29, 0.717) is 12.8 Å². The van der Waals surface area contributed by atoms with Crippen LogP contribution in [0.3, 0.4) is 0 Å². The lowest BCUT2D eigenvalue weighted by Crippen LogP contribution is -2.27. The molecule has 31 heavy (non-hydrogen) atoms. The Labute approximate surface area is 183 Å². The fourth-order valence-corrected chi connectivity index (χ4v) is 3.40. The molecule has 0 aliphatic carbocycles. The molecule has 1 aromatic heterocycles. The van der Waals surface area contributed by atoms with E-state index < -0.39 is 24.5 Å². The predicted octanol–water partition coefficient (Wildman–Crippen LogP) is 7.54. The molecule has 0 fully saturated rings. The van der Waals surface area contributed by atoms with Crippen molar-refractivity contribution >= 4 is 5.97 Å². The quantitative estimate of drug-likeness (QED) is 0.196. The number of pyridine rings is 1.